The molecular weight excluding hydrogens is 230 g/mol. The van der Waals surface area contributed by atoms with E-state index < -0.39 is 0 Å². The molecule has 5 heteroatoms. The fourth-order valence-electron chi connectivity index (χ4n) is 2.89. The smallest absolute Gasteiger partial charge is 0.236 e. The van der Waals surface area contributed by atoms with Crippen LogP contribution in [0, 0.1) is 0 Å². The molecule has 2 aliphatic heterocycles. The number of rotatable bonds is 4. The van der Waals surface area contributed by atoms with E-state index in [-0.39, 0.29) is 12.0 Å². The van der Waals surface area contributed by atoms with Gasteiger partial charge in [-0.15, -0.1) is 0 Å². The van der Waals surface area contributed by atoms with Gasteiger partial charge >= 0.3 is 0 Å². The highest BCUT2D eigenvalue weighted by atomic mass is 16.5. The molecule has 1 N–H and O–H groups in total. The van der Waals surface area contributed by atoms with E-state index >= 15 is 0 Å². The Hall–Kier alpha value is -0.650. The predicted octanol–water partition coefficient (Wildman–Crippen LogP) is -0.0825. The second kappa shape index (κ2) is 6.50. The van der Waals surface area contributed by atoms with Crippen LogP contribution >= 0.6 is 0 Å². The number of ether oxygens (including phenoxy) is 1. The van der Waals surface area contributed by atoms with E-state index in [9.17, 15) is 4.79 Å². The molecule has 0 saturated carbocycles. The summed E-state index contributed by atoms with van der Waals surface area (Å²) in [5, 5.41) is 3.21. The van der Waals surface area contributed by atoms with Crippen LogP contribution in [0.15, 0.2) is 0 Å². The predicted molar refractivity (Wildman–Crippen MR) is 70.5 cm³/mol. The van der Waals surface area contributed by atoms with Gasteiger partial charge in [0.25, 0.3) is 0 Å². The topological polar surface area (TPSA) is 44.8 Å². The molecule has 0 spiro atoms. The summed E-state index contributed by atoms with van der Waals surface area (Å²) in [6, 6.07) is 0.525. The van der Waals surface area contributed by atoms with Gasteiger partial charge in [0, 0.05) is 25.7 Å². The normalized spacial score (nSPS) is 29.8. The van der Waals surface area contributed by atoms with Crippen molar-refractivity contribution in [2.45, 2.75) is 31.9 Å². The molecule has 2 aliphatic rings. The molecule has 2 saturated heterocycles. The minimum atomic E-state index is 0.175. The van der Waals surface area contributed by atoms with Crippen LogP contribution in [-0.2, 0) is 9.53 Å². The van der Waals surface area contributed by atoms with E-state index in [1.807, 2.05) is 18.9 Å². The summed E-state index contributed by atoms with van der Waals surface area (Å²) in [6.07, 6.45) is 2.58. The van der Waals surface area contributed by atoms with Gasteiger partial charge in [0.15, 0.2) is 0 Å². The maximum atomic E-state index is 12.3. The fraction of sp³-hybridized carbons (Fsp3) is 0.923. The van der Waals surface area contributed by atoms with Gasteiger partial charge in [0.05, 0.1) is 19.3 Å². The quantitative estimate of drug-likeness (QED) is 0.763. The average Bonchev–Trinajstić information content (AvgIpc) is 2.77. The SMILES string of the molecule is CNCC1CCCN1CC(=O)N1CCOC(C)C1. The van der Waals surface area contributed by atoms with Crippen molar-refractivity contribution in [1.29, 1.82) is 0 Å². The lowest BCUT2D eigenvalue weighted by Gasteiger charge is -2.33. The van der Waals surface area contributed by atoms with Crippen LogP contribution in [0.1, 0.15) is 19.8 Å². The van der Waals surface area contributed by atoms with E-state index in [2.05, 4.69) is 10.2 Å². The minimum absolute atomic E-state index is 0.175. The third kappa shape index (κ3) is 3.43. The molecule has 2 atom stereocenters. The van der Waals surface area contributed by atoms with Gasteiger partial charge in [-0.1, -0.05) is 0 Å². The van der Waals surface area contributed by atoms with Crippen molar-refractivity contribution in [2.75, 3.05) is 46.4 Å². The minimum Gasteiger partial charge on any atom is -0.375 e. The lowest BCUT2D eigenvalue weighted by molar-refractivity contribution is -0.139. The van der Waals surface area contributed by atoms with E-state index in [1.54, 1.807) is 0 Å². The van der Waals surface area contributed by atoms with E-state index in [0.717, 1.165) is 26.2 Å². The summed E-state index contributed by atoms with van der Waals surface area (Å²) >= 11 is 0. The van der Waals surface area contributed by atoms with Gasteiger partial charge in [0.1, 0.15) is 0 Å². The molecule has 0 aliphatic carbocycles. The number of likely N-dealkylation sites (N-methyl/N-ethyl adjacent to an activating group) is 1. The largest absolute Gasteiger partial charge is 0.375 e. The lowest BCUT2D eigenvalue weighted by Crippen LogP contribution is -2.49. The maximum absolute atomic E-state index is 12.3. The first-order chi connectivity index (χ1) is 8.70. The Kier molecular flexibility index (Phi) is 4.97. The fourth-order valence-corrected chi connectivity index (χ4v) is 2.89. The van der Waals surface area contributed by atoms with Crippen LogP contribution < -0.4 is 5.32 Å². The number of morpholine rings is 1. The molecule has 0 aromatic carbocycles. The van der Waals surface area contributed by atoms with Gasteiger partial charge < -0.3 is 15.0 Å². The Bertz CT molecular complexity index is 285. The maximum Gasteiger partial charge on any atom is 0.236 e. The van der Waals surface area contributed by atoms with E-state index in [0.29, 0.717) is 19.2 Å². The standard InChI is InChI=1S/C13H25N3O2/c1-11-9-16(6-7-18-11)13(17)10-15-5-3-4-12(15)8-14-2/h11-12,14H,3-10H2,1-2H3. The number of carbonyl (C=O) groups excluding carboxylic acids is 1. The number of nitrogens with zero attached hydrogens (tertiary/aromatic N) is 2. The van der Waals surface area contributed by atoms with Gasteiger partial charge in [-0.25, -0.2) is 0 Å². The number of likely N-dealkylation sites (tertiary alicyclic amines) is 1. The van der Waals surface area contributed by atoms with Crippen molar-refractivity contribution in [3.63, 3.8) is 0 Å². The Morgan fingerprint density at radius 1 is 1.44 bits per heavy atom. The summed E-state index contributed by atoms with van der Waals surface area (Å²) in [6.45, 7) is 6.78. The molecule has 0 radical (unpaired) electrons. The first kappa shape index (κ1) is 13.8. The third-order valence-electron chi connectivity index (χ3n) is 3.87. The van der Waals surface area contributed by atoms with E-state index in [1.165, 1.54) is 12.8 Å². The molecular formula is C13H25N3O2. The molecule has 5 nitrogen and oxygen atoms in total. The molecule has 2 heterocycles. The van der Waals surface area contributed by atoms with Crippen molar-refractivity contribution >= 4 is 5.91 Å². The number of hydrogen-bond acceptors (Lipinski definition) is 4. The van der Waals surface area contributed by atoms with Crippen LogP contribution in [0.25, 0.3) is 0 Å². The monoisotopic (exact) mass is 255 g/mol. The molecule has 2 unspecified atom stereocenters. The van der Waals surface area contributed by atoms with Crippen molar-refractivity contribution in [3.05, 3.63) is 0 Å². The summed E-state index contributed by atoms with van der Waals surface area (Å²) in [4.78, 5) is 16.5. The van der Waals surface area contributed by atoms with Crippen molar-refractivity contribution < 1.29 is 9.53 Å². The molecule has 0 aromatic rings. The zero-order valence-corrected chi connectivity index (χ0v) is 11.5. The van der Waals surface area contributed by atoms with Gasteiger partial charge in [-0.2, -0.15) is 0 Å². The summed E-state index contributed by atoms with van der Waals surface area (Å²) in [5.41, 5.74) is 0. The van der Waals surface area contributed by atoms with Gasteiger partial charge in [0.2, 0.25) is 5.91 Å². The Morgan fingerprint density at radius 2 is 2.28 bits per heavy atom. The first-order valence-corrected chi connectivity index (χ1v) is 6.98. The van der Waals surface area contributed by atoms with E-state index in [4.69, 9.17) is 4.74 Å². The van der Waals surface area contributed by atoms with Crippen LogP contribution in [0.5, 0.6) is 0 Å². The highest BCUT2D eigenvalue weighted by molar-refractivity contribution is 5.78. The Balaban J connectivity index is 1.82. The van der Waals surface area contributed by atoms with Crippen LogP contribution in [-0.4, -0.2) is 74.2 Å². The summed E-state index contributed by atoms with van der Waals surface area (Å²) in [7, 11) is 1.97. The molecule has 2 rings (SSSR count). The molecule has 2 fully saturated rings. The highest BCUT2D eigenvalue weighted by Gasteiger charge is 2.28. The first-order valence-electron chi connectivity index (χ1n) is 6.98. The second-order valence-corrected chi connectivity index (χ2v) is 5.35. The van der Waals surface area contributed by atoms with Crippen molar-refractivity contribution in [3.8, 4) is 0 Å². The van der Waals surface area contributed by atoms with Crippen molar-refractivity contribution in [1.82, 2.24) is 15.1 Å². The van der Waals surface area contributed by atoms with Gasteiger partial charge in [-0.3, -0.25) is 9.69 Å². The van der Waals surface area contributed by atoms with Crippen molar-refractivity contribution in [2.24, 2.45) is 0 Å². The zero-order chi connectivity index (χ0) is 13.0. The summed E-state index contributed by atoms with van der Waals surface area (Å²) < 4.78 is 5.47. The number of hydrogen-bond donors (Lipinski definition) is 1. The number of nitrogens with one attached hydrogen (secondary N) is 1. The summed E-state index contributed by atoms with van der Waals surface area (Å²) in [5.74, 6) is 0.258. The Morgan fingerprint density at radius 3 is 3.00 bits per heavy atom. The molecule has 104 valence electrons. The number of carbonyl (C=O) groups is 1. The van der Waals surface area contributed by atoms with Gasteiger partial charge in [-0.05, 0) is 33.4 Å². The average molecular weight is 255 g/mol. The Labute approximate surface area is 109 Å². The second-order valence-electron chi connectivity index (χ2n) is 5.35. The van der Waals surface area contributed by atoms with Crippen LogP contribution in [0.2, 0.25) is 0 Å². The molecule has 18 heavy (non-hydrogen) atoms. The molecule has 0 bridgehead atoms. The third-order valence-corrected chi connectivity index (χ3v) is 3.87. The zero-order valence-electron chi connectivity index (χ0n) is 11.5. The molecule has 0 aromatic heterocycles. The molecule has 1 amide bonds. The highest BCUT2D eigenvalue weighted by Crippen LogP contribution is 2.16. The number of amides is 1. The lowest BCUT2D eigenvalue weighted by atomic mass is 10.2. The van der Waals surface area contributed by atoms with Crippen LogP contribution in [0.3, 0.4) is 0 Å². The van der Waals surface area contributed by atoms with Crippen LogP contribution in [0.4, 0.5) is 0 Å².